The molecule has 2 fully saturated rings. The number of nitrogens with zero attached hydrogens (tertiary/aromatic N) is 3. The van der Waals surface area contributed by atoms with Crippen LogP contribution < -0.4 is 14.4 Å². The van der Waals surface area contributed by atoms with Gasteiger partial charge < -0.3 is 19.2 Å². The number of carbonyl (C=O) groups excluding carboxylic acids is 1. The van der Waals surface area contributed by atoms with Crippen LogP contribution in [-0.2, 0) is 4.79 Å². The zero-order chi connectivity index (χ0) is 22.9. The third kappa shape index (κ3) is 5.14. The lowest BCUT2D eigenvalue weighted by Crippen LogP contribution is -2.26. The Balaban J connectivity index is 1.33. The molecule has 1 aliphatic heterocycles. The molecule has 2 aliphatic rings. The largest absolute Gasteiger partial charge is 0.489 e. The molecule has 2 aromatic rings. The first-order chi connectivity index (χ1) is 15.2. The summed E-state index contributed by atoms with van der Waals surface area (Å²) in [6.45, 7) is 4.29. The summed E-state index contributed by atoms with van der Waals surface area (Å²) in [6, 6.07) is 7.65. The zero-order valence-corrected chi connectivity index (χ0v) is 18.1. The van der Waals surface area contributed by atoms with E-state index in [0.717, 1.165) is 5.56 Å². The minimum atomic E-state index is -2.73. The molecule has 2 heterocycles. The van der Waals surface area contributed by atoms with E-state index in [1.54, 1.807) is 11.8 Å². The number of ketones is 1. The molecule has 0 spiro atoms. The van der Waals surface area contributed by atoms with Gasteiger partial charge >= 0.3 is 0 Å². The van der Waals surface area contributed by atoms with Gasteiger partial charge in [-0.05, 0) is 30.5 Å². The maximum Gasteiger partial charge on any atom is 0.255 e. The smallest absolute Gasteiger partial charge is 0.255 e. The highest BCUT2D eigenvalue weighted by molar-refractivity contribution is 5.76. The molecule has 1 saturated carbocycles. The van der Waals surface area contributed by atoms with Gasteiger partial charge in [0.05, 0.1) is 19.1 Å². The van der Waals surface area contributed by atoms with Crippen LogP contribution in [0.2, 0.25) is 0 Å². The van der Waals surface area contributed by atoms with Gasteiger partial charge in [-0.3, -0.25) is 0 Å². The molecule has 4 rings (SSSR count). The van der Waals surface area contributed by atoms with Gasteiger partial charge in [0.1, 0.15) is 24.0 Å². The highest BCUT2D eigenvalue weighted by Gasteiger charge is 2.57. The quantitative estimate of drug-likeness (QED) is 0.566. The summed E-state index contributed by atoms with van der Waals surface area (Å²) in [7, 11) is 0. The molecule has 1 saturated heterocycles. The number of anilines is 1. The number of hydrogen-bond donors (Lipinski definition) is 0. The SMILES string of the molecule is CC(=O)C[C@@H](C)c1ccc(O[C@@H]2CCN(c3ncnc(OCC4CC4(F)F)c3F)C2)cc1. The van der Waals surface area contributed by atoms with Crippen molar-refractivity contribution in [3.05, 3.63) is 42.0 Å². The molecule has 1 aromatic heterocycles. The number of benzene rings is 1. The van der Waals surface area contributed by atoms with E-state index < -0.39 is 17.7 Å². The van der Waals surface area contributed by atoms with Crippen molar-refractivity contribution >= 4 is 11.6 Å². The van der Waals surface area contributed by atoms with E-state index in [0.29, 0.717) is 31.7 Å². The second kappa shape index (κ2) is 8.96. The summed E-state index contributed by atoms with van der Waals surface area (Å²) in [6.07, 6.45) is 1.95. The maximum atomic E-state index is 14.8. The predicted molar refractivity (Wildman–Crippen MR) is 112 cm³/mol. The number of rotatable bonds is 9. The third-order valence-corrected chi connectivity index (χ3v) is 5.91. The molecule has 9 heteroatoms. The van der Waals surface area contributed by atoms with Crippen LogP contribution in [0.15, 0.2) is 30.6 Å². The lowest BCUT2D eigenvalue weighted by atomic mass is 9.96. The van der Waals surface area contributed by atoms with E-state index in [-0.39, 0.29) is 42.5 Å². The third-order valence-electron chi connectivity index (χ3n) is 5.91. The van der Waals surface area contributed by atoms with Crippen molar-refractivity contribution in [3.8, 4) is 11.6 Å². The Hall–Kier alpha value is -2.84. The molecule has 1 aromatic carbocycles. The summed E-state index contributed by atoms with van der Waals surface area (Å²) in [5.41, 5.74) is 1.07. The van der Waals surface area contributed by atoms with Gasteiger partial charge in [0, 0.05) is 25.8 Å². The fraction of sp³-hybridized carbons (Fsp3) is 0.522. The highest BCUT2D eigenvalue weighted by atomic mass is 19.3. The second-order valence-corrected chi connectivity index (χ2v) is 8.64. The number of ether oxygens (including phenoxy) is 2. The molecule has 3 atom stereocenters. The molecule has 1 aliphatic carbocycles. The summed E-state index contributed by atoms with van der Waals surface area (Å²) < 4.78 is 52.1. The monoisotopic (exact) mass is 449 g/mol. The first-order valence-electron chi connectivity index (χ1n) is 10.7. The van der Waals surface area contributed by atoms with E-state index >= 15 is 0 Å². The lowest BCUT2D eigenvalue weighted by molar-refractivity contribution is -0.117. The minimum Gasteiger partial charge on any atom is -0.489 e. The standard InChI is InChI=1S/C23H26F3N3O3/c1-14(9-15(2)30)16-3-5-18(6-4-16)32-19-7-8-29(11-19)21-20(24)22(28-13-27-21)31-12-17-10-23(17,25)26/h3-6,13-14,17,19H,7-12H2,1-2H3/t14-,17?,19-/m1/s1. The predicted octanol–water partition coefficient (Wildman–Crippen LogP) is 4.39. The van der Waals surface area contributed by atoms with Gasteiger partial charge in [0.2, 0.25) is 5.82 Å². The summed E-state index contributed by atoms with van der Waals surface area (Å²) >= 11 is 0. The molecule has 172 valence electrons. The Kier molecular flexibility index (Phi) is 6.26. The molecular weight excluding hydrogens is 423 g/mol. The number of aromatic nitrogens is 2. The van der Waals surface area contributed by atoms with Crippen molar-refractivity contribution in [1.29, 1.82) is 0 Å². The van der Waals surface area contributed by atoms with Crippen LogP contribution in [0, 0.1) is 11.7 Å². The van der Waals surface area contributed by atoms with Gasteiger partial charge in [0.25, 0.3) is 11.8 Å². The van der Waals surface area contributed by atoms with Crippen molar-refractivity contribution in [2.75, 3.05) is 24.6 Å². The first kappa shape index (κ1) is 22.4. The van der Waals surface area contributed by atoms with Crippen molar-refractivity contribution in [1.82, 2.24) is 9.97 Å². The van der Waals surface area contributed by atoms with Gasteiger partial charge in [-0.1, -0.05) is 19.1 Å². The average Bonchev–Trinajstić information content (AvgIpc) is 3.12. The van der Waals surface area contributed by atoms with E-state index in [1.807, 2.05) is 31.2 Å². The summed E-state index contributed by atoms with van der Waals surface area (Å²) in [5, 5.41) is 0. The van der Waals surface area contributed by atoms with Gasteiger partial charge in [-0.15, -0.1) is 0 Å². The van der Waals surface area contributed by atoms with Crippen molar-refractivity contribution in [2.45, 2.75) is 51.1 Å². The fourth-order valence-corrected chi connectivity index (χ4v) is 3.93. The maximum absolute atomic E-state index is 14.8. The van der Waals surface area contributed by atoms with Gasteiger partial charge in [-0.2, -0.15) is 9.37 Å². The van der Waals surface area contributed by atoms with Crippen molar-refractivity contribution < 1.29 is 27.4 Å². The molecule has 0 amide bonds. The fourth-order valence-electron chi connectivity index (χ4n) is 3.93. The Morgan fingerprint density at radius 3 is 2.66 bits per heavy atom. The lowest BCUT2D eigenvalue weighted by Gasteiger charge is -2.19. The Labute approximate surface area is 184 Å². The second-order valence-electron chi connectivity index (χ2n) is 8.64. The highest BCUT2D eigenvalue weighted by Crippen LogP contribution is 2.48. The molecule has 1 unspecified atom stereocenters. The van der Waals surface area contributed by atoms with E-state index in [2.05, 4.69) is 9.97 Å². The Morgan fingerprint density at radius 1 is 1.28 bits per heavy atom. The molecule has 0 N–H and O–H groups in total. The van der Waals surface area contributed by atoms with Crippen LogP contribution in [0.25, 0.3) is 0 Å². The molecular formula is C23H26F3N3O3. The number of carbonyl (C=O) groups is 1. The van der Waals surface area contributed by atoms with Crippen LogP contribution in [0.1, 0.15) is 44.6 Å². The van der Waals surface area contributed by atoms with Crippen LogP contribution in [-0.4, -0.2) is 47.5 Å². The topological polar surface area (TPSA) is 64.5 Å². The van der Waals surface area contributed by atoms with Crippen LogP contribution in [0.5, 0.6) is 11.6 Å². The normalized spacial score (nSPS) is 22.5. The average molecular weight is 449 g/mol. The van der Waals surface area contributed by atoms with Crippen LogP contribution in [0.3, 0.4) is 0 Å². The molecule has 0 radical (unpaired) electrons. The Morgan fingerprint density at radius 2 is 2.00 bits per heavy atom. The van der Waals surface area contributed by atoms with Crippen LogP contribution >= 0.6 is 0 Å². The Bertz CT molecular complexity index is 971. The van der Waals surface area contributed by atoms with Gasteiger partial charge in [-0.25, -0.2) is 13.8 Å². The summed E-state index contributed by atoms with van der Waals surface area (Å²) in [5.74, 6) is -3.59. The zero-order valence-electron chi connectivity index (χ0n) is 18.1. The van der Waals surface area contributed by atoms with Crippen molar-refractivity contribution in [3.63, 3.8) is 0 Å². The molecule has 0 bridgehead atoms. The number of halogens is 3. The first-order valence-corrected chi connectivity index (χ1v) is 10.7. The number of Topliss-reactive ketones (excluding diaryl/α,β-unsaturated/α-hetero) is 1. The van der Waals surface area contributed by atoms with Crippen LogP contribution in [0.4, 0.5) is 19.0 Å². The molecule has 6 nitrogen and oxygen atoms in total. The van der Waals surface area contributed by atoms with E-state index in [9.17, 15) is 18.0 Å². The van der Waals surface area contributed by atoms with E-state index in [1.165, 1.54) is 6.33 Å². The van der Waals surface area contributed by atoms with E-state index in [4.69, 9.17) is 9.47 Å². The van der Waals surface area contributed by atoms with Crippen molar-refractivity contribution in [2.24, 2.45) is 5.92 Å². The van der Waals surface area contributed by atoms with Gasteiger partial charge in [0.15, 0.2) is 5.82 Å². The number of hydrogen-bond acceptors (Lipinski definition) is 6. The minimum absolute atomic E-state index is 0.0806. The molecule has 32 heavy (non-hydrogen) atoms. The summed E-state index contributed by atoms with van der Waals surface area (Å²) in [4.78, 5) is 20.8. The number of alkyl halides is 2.